The monoisotopic (exact) mass is 306 g/mol. The van der Waals surface area contributed by atoms with Gasteiger partial charge in [0.25, 0.3) is 5.91 Å². The summed E-state index contributed by atoms with van der Waals surface area (Å²) in [5, 5.41) is 2.94. The van der Waals surface area contributed by atoms with E-state index in [4.69, 9.17) is 16.3 Å². The van der Waals surface area contributed by atoms with Gasteiger partial charge >= 0.3 is 0 Å². The molecule has 1 aromatic heterocycles. The molecule has 0 aliphatic rings. The summed E-state index contributed by atoms with van der Waals surface area (Å²) < 4.78 is 5.60. The standard InChI is InChI=1S/C10H12BrClN2O2/c1-16-4-2-3-13-10(15)8-5-7(11)6-14-9(8)12/h5-6H,2-4H2,1H3,(H,13,15). The van der Waals surface area contributed by atoms with Crippen molar-refractivity contribution in [3.05, 3.63) is 27.5 Å². The molecule has 1 N–H and O–H groups in total. The Morgan fingerprint density at radius 3 is 3.12 bits per heavy atom. The van der Waals surface area contributed by atoms with Crippen LogP contribution in [0.5, 0.6) is 0 Å². The minimum Gasteiger partial charge on any atom is -0.385 e. The third kappa shape index (κ3) is 4.08. The first-order valence-electron chi connectivity index (χ1n) is 4.73. The van der Waals surface area contributed by atoms with E-state index in [0.717, 1.165) is 10.9 Å². The second kappa shape index (κ2) is 6.83. The van der Waals surface area contributed by atoms with Crippen LogP contribution in [0.1, 0.15) is 16.8 Å². The molecule has 0 fully saturated rings. The molecule has 6 heteroatoms. The zero-order valence-corrected chi connectivity index (χ0v) is 11.1. The van der Waals surface area contributed by atoms with Crippen LogP contribution < -0.4 is 5.32 Å². The Kier molecular flexibility index (Phi) is 5.73. The van der Waals surface area contributed by atoms with Crippen molar-refractivity contribution in [2.45, 2.75) is 6.42 Å². The summed E-state index contributed by atoms with van der Waals surface area (Å²) in [6.45, 7) is 1.17. The summed E-state index contributed by atoms with van der Waals surface area (Å²) in [7, 11) is 1.62. The maximum absolute atomic E-state index is 11.7. The molecule has 0 spiro atoms. The number of nitrogens with zero attached hydrogens (tertiary/aromatic N) is 1. The third-order valence-electron chi connectivity index (χ3n) is 1.86. The predicted molar refractivity (Wildman–Crippen MR) is 65.8 cm³/mol. The minimum atomic E-state index is -0.227. The number of hydrogen-bond donors (Lipinski definition) is 1. The van der Waals surface area contributed by atoms with Crippen molar-refractivity contribution >= 4 is 33.4 Å². The third-order valence-corrected chi connectivity index (χ3v) is 2.60. The van der Waals surface area contributed by atoms with Gasteiger partial charge in [0.2, 0.25) is 0 Å². The maximum atomic E-state index is 11.7. The van der Waals surface area contributed by atoms with E-state index in [1.807, 2.05) is 0 Å². The molecule has 0 aliphatic carbocycles. The van der Waals surface area contributed by atoms with Gasteiger partial charge in [-0.1, -0.05) is 11.6 Å². The van der Waals surface area contributed by atoms with E-state index >= 15 is 0 Å². The molecule has 1 amide bonds. The van der Waals surface area contributed by atoms with Gasteiger partial charge in [-0.15, -0.1) is 0 Å². The number of carbonyl (C=O) groups excluding carboxylic acids is 1. The number of methoxy groups -OCH3 is 1. The Labute approximate surface area is 107 Å². The SMILES string of the molecule is COCCCNC(=O)c1cc(Br)cnc1Cl. The van der Waals surface area contributed by atoms with Crippen LogP contribution in [0.4, 0.5) is 0 Å². The number of ether oxygens (including phenoxy) is 1. The Hall–Kier alpha value is -0.650. The van der Waals surface area contributed by atoms with E-state index in [2.05, 4.69) is 26.2 Å². The van der Waals surface area contributed by atoms with Crippen molar-refractivity contribution in [2.75, 3.05) is 20.3 Å². The van der Waals surface area contributed by atoms with Crippen molar-refractivity contribution in [3.8, 4) is 0 Å². The van der Waals surface area contributed by atoms with Crippen LogP contribution in [0, 0.1) is 0 Å². The molecule has 1 aromatic rings. The second-order valence-corrected chi connectivity index (χ2v) is 4.37. The summed E-state index contributed by atoms with van der Waals surface area (Å²) in [6.07, 6.45) is 2.31. The second-order valence-electron chi connectivity index (χ2n) is 3.09. The molecular formula is C10H12BrClN2O2. The molecule has 0 saturated heterocycles. The molecule has 1 rings (SSSR count). The molecule has 0 aromatic carbocycles. The van der Waals surface area contributed by atoms with E-state index in [9.17, 15) is 4.79 Å². The summed E-state index contributed by atoms with van der Waals surface area (Å²) in [4.78, 5) is 15.6. The van der Waals surface area contributed by atoms with Gasteiger partial charge in [0, 0.05) is 30.9 Å². The van der Waals surface area contributed by atoms with Gasteiger partial charge in [-0.05, 0) is 28.4 Å². The average Bonchev–Trinajstić information content (AvgIpc) is 2.27. The number of amides is 1. The molecular weight excluding hydrogens is 295 g/mol. The van der Waals surface area contributed by atoms with Crippen LogP contribution in [-0.4, -0.2) is 31.2 Å². The van der Waals surface area contributed by atoms with Crippen LogP contribution in [0.3, 0.4) is 0 Å². The molecule has 0 bridgehead atoms. The molecule has 0 aliphatic heterocycles. The molecule has 16 heavy (non-hydrogen) atoms. The maximum Gasteiger partial charge on any atom is 0.254 e. The Morgan fingerprint density at radius 1 is 1.69 bits per heavy atom. The number of aromatic nitrogens is 1. The van der Waals surface area contributed by atoms with Crippen LogP contribution in [0.25, 0.3) is 0 Å². The lowest BCUT2D eigenvalue weighted by atomic mass is 10.2. The van der Waals surface area contributed by atoms with Gasteiger partial charge in [0.1, 0.15) is 5.15 Å². The first kappa shape index (κ1) is 13.4. The highest BCUT2D eigenvalue weighted by atomic mass is 79.9. The predicted octanol–water partition coefficient (Wildman–Crippen LogP) is 2.26. The molecule has 0 radical (unpaired) electrons. The van der Waals surface area contributed by atoms with Gasteiger partial charge < -0.3 is 10.1 Å². The number of pyridine rings is 1. The van der Waals surface area contributed by atoms with Crippen LogP contribution in [0.2, 0.25) is 5.15 Å². The fraction of sp³-hybridized carbons (Fsp3) is 0.400. The van der Waals surface area contributed by atoms with Gasteiger partial charge in [-0.3, -0.25) is 4.79 Å². The van der Waals surface area contributed by atoms with E-state index in [1.165, 1.54) is 0 Å². The largest absolute Gasteiger partial charge is 0.385 e. The van der Waals surface area contributed by atoms with Gasteiger partial charge in [0.05, 0.1) is 5.56 Å². The summed E-state index contributed by atoms with van der Waals surface area (Å²) in [5.41, 5.74) is 0.369. The normalized spacial score (nSPS) is 10.2. The fourth-order valence-electron chi connectivity index (χ4n) is 1.10. The zero-order chi connectivity index (χ0) is 12.0. The molecule has 1 heterocycles. The summed E-state index contributed by atoms with van der Waals surface area (Å²) >= 11 is 9.05. The molecule has 0 atom stereocenters. The van der Waals surface area contributed by atoms with Crippen LogP contribution in [0.15, 0.2) is 16.7 Å². The lowest BCUT2D eigenvalue weighted by Crippen LogP contribution is -2.25. The molecule has 0 unspecified atom stereocenters. The van der Waals surface area contributed by atoms with E-state index in [-0.39, 0.29) is 11.1 Å². The first-order valence-corrected chi connectivity index (χ1v) is 5.90. The number of rotatable bonds is 5. The van der Waals surface area contributed by atoms with Crippen LogP contribution in [-0.2, 0) is 4.74 Å². The van der Waals surface area contributed by atoms with E-state index in [0.29, 0.717) is 18.7 Å². The molecule has 4 nitrogen and oxygen atoms in total. The van der Waals surface area contributed by atoms with Crippen molar-refractivity contribution in [3.63, 3.8) is 0 Å². The zero-order valence-electron chi connectivity index (χ0n) is 8.80. The number of halogens is 2. The minimum absolute atomic E-state index is 0.201. The highest BCUT2D eigenvalue weighted by molar-refractivity contribution is 9.10. The lowest BCUT2D eigenvalue weighted by molar-refractivity contribution is 0.0948. The fourth-order valence-corrected chi connectivity index (χ4v) is 1.62. The summed E-state index contributed by atoms with van der Waals surface area (Å²) in [5.74, 6) is -0.227. The van der Waals surface area contributed by atoms with Crippen molar-refractivity contribution in [1.29, 1.82) is 0 Å². The first-order chi connectivity index (χ1) is 7.65. The molecule has 88 valence electrons. The lowest BCUT2D eigenvalue weighted by Gasteiger charge is -2.06. The molecule has 0 saturated carbocycles. The van der Waals surface area contributed by atoms with Crippen molar-refractivity contribution < 1.29 is 9.53 Å². The Balaban J connectivity index is 2.55. The summed E-state index contributed by atoms with van der Waals surface area (Å²) in [6, 6.07) is 1.64. The van der Waals surface area contributed by atoms with E-state index in [1.54, 1.807) is 19.4 Å². The number of nitrogens with one attached hydrogen (secondary N) is 1. The highest BCUT2D eigenvalue weighted by Gasteiger charge is 2.11. The van der Waals surface area contributed by atoms with Crippen molar-refractivity contribution in [2.24, 2.45) is 0 Å². The highest BCUT2D eigenvalue weighted by Crippen LogP contribution is 2.17. The number of hydrogen-bond acceptors (Lipinski definition) is 3. The Morgan fingerprint density at radius 2 is 2.44 bits per heavy atom. The van der Waals surface area contributed by atoms with Crippen molar-refractivity contribution in [1.82, 2.24) is 10.3 Å². The average molecular weight is 308 g/mol. The van der Waals surface area contributed by atoms with E-state index < -0.39 is 0 Å². The Bertz CT molecular complexity index is 374. The van der Waals surface area contributed by atoms with Gasteiger partial charge in [0.15, 0.2) is 0 Å². The smallest absolute Gasteiger partial charge is 0.254 e. The number of carbonyl (C=O) groups is 1. The van der Waals surface area contributed by atoms with Crippen LogP contribution >= 0.6 is 27.5 Å². The quantitative estimate of drug-likeness (QED) is 0.670. The van der Waals surface area contributed by atoms with Gasteiger partial charge in [-0.2, -0.15) is 0 Å². The van der Waals surface area contributed by atoms with Gasteiger partial charge in [-0.25, -0.2) is 4.98 Å². The topological polar surface area (TPSA) is 51.2 Å².